The van der Waals surface area contributed by atoms with Crippen LogP contribution in [0.25, 0.3) is 11.1 Å². The van der Waals surface area contributed by atoms with Crippen LogP contribution < -0.4 is 10.4 Å². The molecule has 3 aromatic rings. The van der Waals surface area contributed by atoms with Crippen molar-refractivity contribution in [1.82, 2.24) is 15.3 Å². The fourth-order valence-corrected chi connectivity index (χ4v) is 6.46. The van der Waals surface area contributed by atoms with Gasteiger partial charge < -0.3 is 10.0 Å². The van der Waals surface area contributed by atoms with Crippen LogP contribution in [0.15, 0.2) is 84.3 Å². The molecule has 1 aliphatic carbocycles. The smallest absolute Gasteiger partial charge is 0.334 e. The molecule has 206 valence electrons. The highest BCUT2D eigenvalue weighted by Crippen LogP contribution is 2.54. The third-order valence-corrected chi connectivity index (χ3v) is 8.53. The summed E-state index contributed by atoms with van der Waals surface area (Å²) in [5.41, 5.74) is 9.26. The van der Waals surface area contributed by atoms with Gasteiger partial charge in [-0.05, 0) is 85.0 Å². The van der Waals surface area contributed by atoms with E-state index in [1.807, 2.05) is 59.7 Å². The van der Waals surface area contributed by atoms with Crippen molar-refractivity contribution in [2.24, 2.45) is 5.92 Å². The van der Waals surface area contributed by atoms with Gasteiger partial charge in [0.15, 0.2) is 0 Å². The van der Waals surface area contributed by atoms with Crippen molar-refractivity contribution in [3.05, 3.63) is 95.5 Å². The molecule has 2 N–H and O–H groups in total. The van der Waals surface area contributed by atoms with E-state index in [0.29, 0.717) is 11.6 Å². The topological polar surface area (TPSA) is 85.8 Å². The maximum Gasteiger partial charge on any atom is 0.334 e. The largest absolute Gasteiger partial charge is 0.478 e. The standard InChI is InChI=1S/C33H36N4O3/c1-2-8-26-13-3-4-16-36(26)32(38)24-11-5-9-22(17-24)23-10-6-14-27(18-23)37-31(30(21-35-37)33(39)40)29-19-28(29)25-12-7-15-34-20-25/h5-7,9-12,14-15,17-18,20,26,28-29,35H,2-4,8,13,16,19,21H2,1H3,(H,39,40). The molecule has 1 saturated carbocycles. The summed E-state index contributed by atoms with van der Waals surface area (Å²) in [7, 11) is 0. The number of allylic oxidation sites excluding steroid dienone is 1. The van der Waals surface area contributed by atoms with Crippen LogP contribution in [0.4, 0.5) is 5.69 Å². The first-order valence-corrected chi connectivity index (χ1v) is 14.5. The molecule has 6 rings (SSSR count). The second-order valence-corrected chi connectivity index (χ2v) is 11.1. The number of nitrogens with one attached hydrogen (secondary N) is 1. The number of anilines is 1. The number of carboxylic acids is 1. The average Bonchev–Trinajstić information content (AvgIpc) is 3.66. The predicted molar refractivity (Wildman–Crippen MR) is 156 cm³/mol. The number of aliphatic carboxylic acids is 1. The minimum atomic E-state index is -0.886. The second-order valence-electron chi connectivity index (χ2n) is 11.1. The number of carbonyl (C=O) groups is 2. The lowest BCUT2D eigenvalue weighted by Gasteiger charge is -2.36. The van der Waals surface area contributed by atoms with Gasteiger partial charge in [0, 0.05) is 43.0 Å². The Bertz CT molecular complexity index is 1430. The Labute approximate surface area is 235 Å². The fraction of sp³-hybridized carbons (Fsp3) is 0.364. The molecule has 3 aliphatic rings. The normalized spacial score (nSPS) is 22.5. The number of hydrazine groups is 1. The first-order valence-electron chi connectivity index (χ1n) is 14.5. The van der Waals surface area contributed by atoms with Gasteiger partial charge in [-0.2, -0.15) is 0 Å². The summed E-state index contributed by atoms with van der Waals surface area (Å²) in [6.45, 7) is 3.29. The molecule has 0 radical (unpaired) electrons. The van der Waals surface area contributed by atoms with Crippen molar-refractivity contribution in [1.29, 1.82) is 0 Å². The van der Waals surface area contributed by atoms with E-state index in [1.165, 1.54) is 6.42 Å². The minimum absolute atomic E-state index is 0.115. The molecular weight excluding hydrogens is 500 g/mol. The zero-order valence-corrected chi connectivity index (χ0v) is 22.9. The van der Waals surface area contributed by atoms with Gasteiger partial charge in [0.25, 0.3) is 5.91 Å². The summed E-state index contributed by atoms with van der Waals surface area (Å²) in [5, 5.41) is 11.9. The van der Waals surface area contributed by atoms with Gasteiger partial charge >= 0.3 is 5.97 Å². The van der Waals surface area contributed by atoms with E-state index in [0.717, 1.165) is 72.3 Å². The van der Waals surface area contributed by atoms with E-state index in [2.05, 4.69) is 34.4 Å². The van der Waals surface area contributed by atoms with Gasteiger partial charge in [-0.3, -0.25) is 14.8 Å². The maximum absolute atomic E-state index is 13.6. The van der Waals surface area contributed by atoms with Crippen molar-refractivity contribution < 1.29 is 14.7 Å². The number of likely N-dealkylation sites (tertiary alicyclic amines) is 1. The van der Waals surface area contributed by atoms with Gasteiger partial charge in [0.05, 0.1) is 17.0 Å². The number of carboxylic acid groups (broad SMARTS) is 1. The van der Waals surface area contributed by atoms with E-state index >= 15 is 0 Å². The number of benzene rings is 2. The lowest BCUT2D eigenvalue weighted by atomic mass is 9.96. The molecule has 1 aromatic heterocycles. The molecule has 0 bridgehead atoms. The molecular formula is C33H36N4O3. The molecule has 2 aromatic carbocycles. The molecule has 2 aliphatic heterocycles. The number of hydrogen-bond acceptors (Lipinski definition) is 5. The Morgan fingerprint density at radius 3 is 2.62 bits per heavy atom. The van der Waals surface area contributed by atoms with E-state index in [-0.39, 0.29) is 24.3 Å². The number of rotatable bonds is 8. The lowest BCUT2D eigenvalue weighted by Crippen LogP contribution is -2.43. The summed E-state index contributed by atoms with van der Waals surface area (Å²) >= 11 is 0. The van der Waals surface area contributed by atoms with Gasteiger partial charge in [-0.25, -0.2) is 10.2 Å². The van der Waals surface area contributed by atoms with Crippen molar-refractivity contribution in [2.45, 2.75) is 57.4 Å². The summed E-state index contributed by atoms with van der Waals surface area (Å²) in [6, 6.07) is 20.3. The zero-order valence-electron chi connectivity index (χ0n) is 22.9. The highest BCUT2D eigenvalue weighted by Gasteiger charge is 2.47. The van der Waals surface area contributed by atoms with Crippen LogP contribution in [0.1, 0.15) is 67.3 Å². The molecule has 1 amide bonds. The van der Waals surface area contributed by atoms with E-state index < -0.39 is 5.97 Å². The number of amides is 1. The molecule has 3 heterocycles. The summed E-state index contributed by atoms with van der Waals surface area (Å²) < 4.78 is 0. The molecule has 40 heavy (non-hydrogen) atoms. The van der Waals surface area contributed by atoms with Crippen molar-refractivity contribution in [2.75, 3.05) is 18.1 Å². The maximum atomic E-state index is 13.6. The minimum Gasteiger partial charge on any atom is -0.478 e. The van der Waals surface area contributed by atoms with E-state index in [4.69, 9.17) is 0 Å². The SMILES string of the molecule is CCCC1CCCCN1C(=O)c1cccc(-c2cccc(N3NCC(C(=O)O)=C3C3CC3c3cccnc3)c2)c1. The molecule has 1 saturated heterocycles. The predicted octanol–water partition coefficient (Wildman–Crippen LogP) is 6.01. The van der Waals surface area contributed by atoms with Crippen molar-refractivity contribution >= 4 is 17.6 Å². The van der Waals surface area contributed by atoms with Crippen LogP contribution in [0, 0.1) is 5.92 Å². The highest BCUT2D eigenvalue weighted by atomic mass is 16.4. The number of carbonyl (C=O) groups excluding carboxylic acids is 1. The van der Waals surface area contributed by atoms with E-state index in [9.17, 15) is 14.7 Å². The fourth-order valence-electron chi connectivity index (χ4n) is 6.46. The molecule has 3 atom stereocenters. The Morgan fingerprint density at radius 1 is 1.02 bits per heavy atom. The molecule has 7 heteroatoms. The van der Waals surface area contributed by atoms with Gasteiger partial charge in [-0.15, -0.1) is 0 Å². The van der Waals surface area contributed by atoms with Crippen LogP contribution in [0.5, 0.6) is 0 Å². The van der Waals surface area contributed by atoms with Gasteiger partial charge in [-0.1, -0.05) is 43.7 Å². The third kappa shape index (κ3) is 5.13. The van der Waals surface area contributed by atoms with Gasteiger partial charge in [0.2, 0.25) is 0 Å². The first-order chi connectivity index (χ1) is 19.5. The zero-order chi connectivity index (χ0) is 27.6. The van der Waals surface area contributed by atoms with E-state index in [1.54, 1.807) is 6.20 Å². The Morgan fingerprint density at radius 2 is 1.85 bits per heavy atom. The van der Waals surface area contributed by atoms with Crippen LogP contribution in [0.3, 0.4) is 0 Å². The van der Waals surface area contributed by atoms with Gasteiger partial charge in [0.1, 0.15) is 0 Å². The van der Waals surface area contributed by atoms with Crippen LogP contribution in [-0.2, 0) is 4.79 Å². The van der Waals surface area contributed by atoms with Crippen LogP contribution in [-0.4, -0.2) is 46.0 Å². The van der Waals surface area contributed by atoms with Crippen molar-refractivity contribution in [3.8, 4) is 11.1 Å². The number of nitrogens with zero attached hydrogens (tertiary/aromatic N) is 3. The lowest BCUT2D eigenvalue weighted by molar-refractivity contribution is -0.132. The quantitative estimate of drug-likeness (QED) is 0.367. The molecule has 0 spiro atoms. The molecule has 2 fully saturated rings. The Balaban J connectivity index is 1.27. The average molecular weight is 537 g/mol. The summed E-state index contributed by atoms with van der Waals surface area (Å²) in [6.07, 6.45) is 10.0. The van der Waals surface area contributed by atoms with Crippen LogP contribution >= 0.6 is 0 Å². The molecule has 7 nitrogen and oxygen atoms in total. The second kappa shape index (κ2) is 11.3. The monoisotopic (exact) mass is 536 g/mol. The number of pyridine rings is 1. The van der Waals surface area contributed by atoms with Crippen molar-refractivity contribution in [3.63, 3.8) is 0 Å². The number of hydrogen-bond donors (Lipinski definition) is 2. The Hall–Kier alpha value is -3.97. The number of piperidine rings is 1. The first kappa shape index (κ1) is 26.3. The summed E-state index contributed by atoms with van der Waals surface area (Å²) in [4.78, 5) is 32.1. The highest BCUT2D eigenvalue weighted by molar-refractivity contribution is 5.96. The van der Waals surface area contributed by atoms with Crippen LogP contribution in [0.2, 0.25) is 0 Å². The summed E-state index contributed by atoms with van der Waals surface area (Å²) in [5.74, 6) is -0.389. The third-order valence-electron chi connectivity index (χ3n) is 8.53. The molecule has 3 unspecified atom stereocenters. The number of aromatic nitrogens is 1. The Kier molecular flexibility index (Phi) is 7.39.